The van der Waals surface area contributed by atoms with Crippen molar-refractivity contribution in [2.24, 2.45) is 11.8 Å². The van der Waals surface area contributed by atoms with E-state index in [1.807, 2.05) is 0 Å². The van der Waals surface area contributed by atoms with Crippen LogP contribution < -0.4 is 5.32 Å². The van der Waals surface area contributed by atoms with Gasteiger partial charge >= 0.3 is 0 Å². The third kappa shape index (κ3) is 5.39. The molecule has 1 fully saturated rings. The number of hydrogen-bond acceptors (Lipinski definition) is 2. The first kappa shape index (κ1) is 15.0. The average molecular weight is 240 g/mol. The molecule has 102 valence electrons. The Morgan fingerprint density at radius 1 is 1.12 bits per heavy atom. The fourth-order valence-corrected chi connectivity index (χ4v) is 2.90. The van der Waals surface area contributed by atoms with E-state index in [0.717, 1.165) is 17.9 Å². The van der Waals surface area contributed by atoms with Gasteiger partial charge in [0.1, 0.15) is 0 Å². The Morgan fingerprint density at radius 2 is 1.71 bits per heavy atom. The third-order valence-electron chi connectivity index (χ3n) is 4.09. The van der Waals surface area contributed by atoms with Crippen LogP contribution in [0.25, 0.3) is 0 Å². The van der Waals surface area contributed by atoms with Gasteiger partial charge in [0.05, 0.1) is 0 Å². The lowest BCUT2D eigenvalue weighted by molar-refractivity contribution is 0.125. The van der Waals surface area contributed by atoms with Crippen LogP contribution in [0.5, 0.6) is 0 Å². The zero-order chi connectivity index (χ0) is 12.7. The van der Waals surface area contributed by atoms with Gasteiger partial charge in [-0.3, -0.25) is 0 Å². The van der Waals surface area contributed by atoms with E-state index < -0.39 is 0 Å². The summed E-state index contributed by atoms with van der Waals surface area (Å²) in [6, 6.07) is 0.833. The monoisotopic (exact) mass is 240 g/mol. The van der Waals surface area contributed by atoms with E-state index in [-0.39, 0.29) is 0 Å². The van der Waals surface area contributed by atoms with Crippen molar-refractivity contribution in [3.63, 3.8) is 0 Å². The minimum absolute atomic E-state index is 0.777. The van der Waals surface area contributed by atoms with Gasteiger partial charge < -0.3 is 10.2 Å². The molecule has 1 aliphatic rings. The minimum Gasteiger partial charge on any atom is -0.316 e. The molecule has 0 unspecified atom stereocenters. The Bertz CT molecular complexity index is 179. The Hall–Kier alpha value is -0.0800. The van der Waals surface area contributed by atoms with Gasteiger partial charge in [-0.05, 0) is 63.7 Å². The van der Waals surface area contributed by atoms with Gasteiger partial charge in [-0.25, -0.2) is 0 Å². The van der Waals surface area contributed by atoms with Crippen LogP contribution in [0.15, 0.2) is 0 Å². The molecule has 0 aliphatic carbocycles. The fourth-order valence-electron chi connectivity index (χ4n) is 2.90. The first-order valence-corrected chi connectivity index (χ1v) is 7.62. The highest BCUT2D eigenvalue weighted by Crippen LogP contribution is 2.20. The van der Waals surface area contributed by atoms with Crippen molar-refractivity contribution in [1.29, 1.82) is 0 Å². The molecular weight excluding hydrogens is 208 g/mol. The molecule has 1 rings (SSSR count). The van der Waals surface area contributed by atoms with Crippen molar-refractivity contribution >= 4 is 0 Å². The summed E-state index contributed by atoms with van der Waals surface area (Å²) in [5, 5.41) is 3.61. The summed E-state index contributed by atoms with van der Waals surface area (Å²) < 4.78 is 0. The molecule has 1 saturated heterocycles. The topological polar surface area (TPSA) is 15.3 Å². The second-order valence-electron chi connectivity index (χ2n) is 6.00. The second kappa shape index (κ2) is 8.10. The Kier molecular flexibility index (Phi) is 7.14. The molecule has 0 spiro atoms. The number of nitrogens with one attached hydrogen (secondary N) is 1. The van der Waals surface area contributed by atoms with Gasteiger partial charge in [0.15, 0.2) is 0 Å². The maximum Gasteiger partial charge on any atom is 0.00900 e. The zero-order valence-electron chi connectivity index (χ0n) is 12.3. The van der Waals surface area contributed by atoms with Gasteiger partial charge in [-0.15, -0.1) is 0 Å². The fraction of sp³-hybridized carbons (Fsp3) is 1.00. The van der Waals surface area contributed by atoms with Crippen molar-refractivity contribution in [3.05, 3.63) is 0 Å². The number of rotatable bonds is 7. The summed E-state index contributed by atoms with van der Waals surface area (Å²) in [6.07, 6.45) is 5.41. The molecule has 17 heavy (non-hydrogen) atoms. The summed E-state index contributed by atoms with van der Waals surface area (Å²) in [5.74, 6) is 1.69. The molecule has 1 N–H and O–H groups in total. The Balaban J connectivity index is 2.17. The summed E-state index contributed by atoms with van der Waals surface area (Å²) in [4.78, 5) is 2.71. The van der Waals surface area contributed by atoms with E-state index in [4.69, 9.17) is 0 Å². The molecule has 0 amide bonds. The largest absolute Gasteiger partial charge is 0.316 e. The van der Waals surface area contributed by atoms with E-state index in [1.54, 1.807) is 0 Å². The molecule has 0 aromatic carbocycles. The van der Waals surface area contributed by atoms with Crippen LogP contribution >= 0.6 is 0 Å². The molecule has 0 aromatic rings. The van der Waals surface area contributed by atoms with Gasteiger partial charge in [0.2, 0.25) is 0 Å². The first-order chi connectivity index (χ1) is 8.17. The summed E-state index contributed by atoms with van der Waals surface area (Å²) in [7, 11) is 0. The molecule has 0 aromatic heterocycles. The van der Waals surface area contributed by atoms with Crippen LogP contribution in [0.4, 0.5) is 0 Å². The first-order valence-electron chi connectivity index (χ1n) is 7.62. The van der Waals surface area contributed by atoms with Crippen LogP contribution in [-0.4, -0.2) is 37.1 Å². The Morgan fingerprint density at radius 3 is 2.18 bits per heavy atom. The number of nitrogens with zero attached hydrogens (tertiary/aromatic N) is 1. The lowest BCUT2D eigenvalue weighted by atomic mass is 9.94. The van der Waals surface area contributed by atoms with Gasteiger partial charge in [-0.1, -0.05) is 27.7 Å². The van der Waals surface area contributed by atoms with Gasteiger partial charge in [-0.2, -0.15) is 0 Å². The van der Waals surface area contributed by atoms with Crippen molar-refractivity contribution in [2.45, 2.75) is 59.4 Å². The molecule has 2 nitrogen and oxygen atoms in total. The van der Waals surface area contributed by atoms with E-state index >= 15 is 0 Å². The molecule has 1 aliphatic heterocycles. The van der Waals surface area contributed by atoms with E-state index in [1.165, 1.54) is 51.9 Å². The number of hydrogen-bond donors (Lipinski definition) is 1. The third-order valence-corrected chi connectivity index (χ3v) is 4.09. The van der Waals surface area contributed by atoms with Crippen LogP contribution in [0.1, 0.15) is 53.4 Å². The summed E-state index contributed by atoms with van der Waals surface area (Å²) in [5.41, 5.74) is 0. The Labute approximate surface area is 108 Å². The molecule has 1 heterocycles. The van der Waals surface area contributed by atoms with Crippen molar-refractivity contribution in [2.75, 3.05) is 26.2 Å². The molecule has 2 heteroatoms. The number of piperidine rings is 1. The summed E-state index contributed by atoms with van der Waals surface area (Å²) in [6.45, 7) is 14.3. The van der Waals surface area contributed by atoms with Gasteiger partial charge in [0.25, 0.3) is 0 Å². The lowest BCUT2D eigenvalue weighted by Gasteiger charge is -2.37. The number of likely N-dealkylation sites (tertiary alicyclic amines) is 1. The maximum absolute atomic E-state index is 3.61. The predicted molar refractivity (Wildman–Crippen MR) is 76.4 cm³/mol. The van der Waals surface area contributed by atoms with Gasteiger partial charge in [0, 0.05) is 6.04 Å². The van der Waals surface area contributed by atoms with E-state index in [0.29, 0.717) is 0 Å². The lowest BCUT2D eigenvalue weighted by Crippen LogP contribution is -2.42. The van der Waals surface area contributed by atoms with Crippen LogP contribution in [-0.2, 0) is 0 Å². The van der Waals surface area contributed by atoms with Crippen molar-refractivity contribution in [1.82, 2.24) is 10.2 Å². The average Bonchev–Trinajstić information content (AvgIpc) is 2.32. The van der Waals surface area contributed by atoms with Crippen LogP contribution in [0.3, 0.4) is 0 Å². The normalized spacial score (nSPS) is 19.4. The van der Waals surface area contributed by atoms with E-state index in [2.05, 4.69) is 37.9 Å². The van der Waals surface area contributed by atoms with E-state index in [9.17, 15) is 0 Å². The molecular formula is C15H32N2. The highest BCUT2D eigenvalue weighted by Gasteiger charge is 2.22. The zero-order valence-corrected chi connectivity index (χ0v) is 12.3. The van der Waals surface area contributed by atoms with Crippen LogP contribution in [0.2, 0.25) is 0 Å². The predicted octanol–water partition coefficient (Wildman–Crippen LogP) is 3.13. The molecule has 0 atom stereocenters. The molecule has 0 saturated carbocycles. The maximum atomic E-state index is 3.61. The molecule has 0 bridgehead atoms. The smallest absolute Gasteiger partial charge is 0.00900 e. The molecule has 0 radical (unpaired) electrons. The van der Waals surface area contributed by atoms with Crippen LogP contribution in [0, 0.1) is 11.8 Å². The van der Waals surface area contributed by atoms with Crippen molar-refractivity contribution < 1.29 is 0 Å². The standard InChI is InChI=1S/C15H32N2/c1-5-15(6-2)17-9-7-14(8-10-17)12-16-11-13(3)4/h13-16H,5-12H2,1-4H3. The highest BCUT2D eigenvalue weighted by atomic mass is 15.2. The second-order valence-corrected chi connectivity index (χ2v) is 6.00. The highest BCUT2D eigenvalue weighted by molar-refractivity contribution is 4.78. The minimum atomic E-state index is 0.777. The quantitative estimate of drug-likeness (QED) is 0.735. The van der Waals surface area contributed by atoms with Crippen molar-refractivity contribution in [3.8, 4) is 0 Å². The summed E-state index contributed by atoms with van der Waals surface area (Å²) >= 11 is 0. The SMILES string of the molecule is CCC(CC)N1CCC(CNCC(C)C)CC1.